The number of alkyl halides is 3. The van der Waals surface area contributed by atoms with E-state index in [2.05, 4.69) is 0 Å². The molecular formula is C21H20Cl3FO6S. The minimum atomic E-state index is -4.02. The molecule has 2 aromatic carbocycles. The number of benzene rings is 2. The van der Waals surface area contributed by atoms with E-state index in [-0.39, 0.29) is 25.0 Å². The Morgan fingerprint density at radius 3 is 2.03 bits per heavy atom. The lowest BCUT2D eigenvalue weighted by Gasteiger charge is -2.19. The van der Waals surface area contributed by atoms with Crippen LogP contribution >= 0.6 is 34.8 Å². The lowest BCUT2D eigenvalue weighted by atomic mass is 10.1. The van der Waals surface area contributed by atoms with Crippen molar-refractivity contribution in [2.24, 2.45) is 0 Å². The monoisotopic (exact) mass is 524 g/mol. The molecule has 0 saturated carbocycles. The van der Waals surface area contributed by atoms with Crippen molar-refractivity contribution in [2.45, 2.75) is 28.3 Å². The van der Waals surface area contributed by atoms with Crippen LogP contribution in [0, 0.1) is 5.82 Å². The number of rotatable bonds is 10. The molecule has 174 valence electrons. The Bertz CT molecular complexity index is 1030. The Balaban J connectivity index is 2.20. The summed E-state index contributed by atoms with van der Waals surface area (Å²) in [5.41, 5.74) is 1.59. The van der Waals surface area contributed by atoms with Crippen molar-refractivity contribution in [2.75, 3.05) is 12.4 Å². The quantitative estimate of drug-likeness (QED) is 0.373. The molecule has 6 nitrogen and oxygen atoms in total. The molecule has 0 radical (unpaired) electrons. The Morgan fingerprint density at radius 2 is 1.50 bits per heavy atom. The molecule has 1 atom stereocenters. The normalized spacial score (nSPS) is 12.9. The van der Waals surface area contributed by atoms with Gasteiger partial charge in [0.25, 0.3) is 0 Å². The first kappa shape index (κ1) is 26.4. The van der Waals surface area contributed by atoms with Crippen LogP contribution < -0.4 is 0 Å². The summed E-state index contributed by atoms with van der Waals surface area (Å²) in [7, 11) is -4.02. The van der Waals surface area contributed by atoms with Gasteiger partial charge in [-0.2, -0.15) is 0 Å². The SMILES string of the molecule is O=C(O)Cc1ccc(CC(C(=O)OCC(Cl)(Cl)Cl)S(=O)(=O)CCc2ccc(F)cc2)cc1. The molecule has 0 aliphatic heterocycles. The molecule has 0 spiro atoms. The van der Waals surface area contributed by atoms with Crippen LogP contribution in [-0.4, -0.2) is 46.9 Å². The third kappa shape index (κ3) is 8.94. The van der Waals surface area contributed by atoms with E-state index in [1.807, 2.05) is 0 Å². The van der Waals surface area contributed by atoms with E-state index < -0.39 is 43.2 Å². The van der Waals surface area contributed by atoms with Crippen LogP contribution in [0.1, 0.15) is 16.7 Å². The van der Waals surface area contributed by atoms with Gasteiger partial charge in [0.1, 0.15) is 12.4 Å². The number of carboxylic acid groups (broad SMARTS) is 1. The molecule has 2 rings (SSSR count). The molecule has 11 heteroatoms. The van der Waals surface area contributed by atoms with E-state index in [1.54, 1.807) is 12.1 Å². The van der Waals surface area contributed by atoms with Gasteiger partial charge in [-0.1, -0.05) is 71.2 Å². The first-order chi connectivity index (χ1) is 14.9. The fourth-order valence-corrected chi connectivity index (χ4v) is 4.61. The molecule has 0 amide bonds. The van der Waals surface area contributed by atoms with Crippen molar-refractivity contribution < 1.29 is 32.2 Å². The van der Waals surface area contributed by atoms with E-state index in [9.17, 15) is 22.4 Å². The van der Waals surface area contributed by atoms with Gasteiger partial charge in [0.15, 0.2) is 15.1 Å². The number of esters is 1. The Morgan fingerprint density at radius 1 is 0.969 bits per heavy atom. The predicted molar refractivity (Wildman–Crippen MR) is 120 cm³/mol. The number of sulfone groups is 1. The fraction of sp³-hybridized carbons (Fsp3) is 0.333. The van der Waals surface area contributed by atoms with Crippen LogP contribution in [0.15, 0.2) is 48.5 Å². The standard InChI is InChI=1S/C21H20Cl3FO6S/c22-21(23,24)13-31-20(28)18(11-15-1-3-16(4-2-15)12-19(26)27)32(29,30)10-9-14-5-7-17(25)8-6-14/h1-8,18H,9-13H2,(H,26,27). The van der Waals surface area contributed by atoms with Gasteiger partial charge < -0.3 is 9.84 Å². The number of hydrogen-bond donors (Lipinski definition) is 1. The highest BCUT2D eigenvalue weighted by Gasteiger charge is 2.35. The molecular weight excluding hydrogens is 506 g/mol. The molecule has 1 unspecified atom stereocenters. The molecule has 0 heterocycles. The van der Waals surface area contributed by atoms with Crippen LogP contribution in [0.4, 0.5) is 4.39 Å². The maximum Gasteiger partial charge on any atom is 0.324 e. The van der Waals surface area contributed by atoms with Crippen LogP contribution in [0.2, 0.25) is 0 Å². The molecule has 32 heavy (non-hydrogen) atoms. The van der Waals surface area contributed by atoms with Gasteiger partial charge in [-0.3, -0.25) is 9.59 Å². The zero-order valence-corrected chi connectivity index (χ0v) is 19.7. The minimum Gasteiger partial charge on any atom is -0.481 e. The average Bonchev–Trinajstić information content (AvgIpc) is 2.70. The molecule has 0 aliphatic rings. The lowest BCUT2D eigenvalue weighted by Crippen LogP contribution is -2.37. The molecule has 0 saturated heterocycles. The first-order valence-electron chi connectivity index (χ1n) is 9.35. The Hall–Kier alpha value is -1.87. The highest BCUT2D eigenvalue weighted by molar-refractivity contribution is 7.92. The van der Waals surface area contributed by atoms with Gasteiger partial charge in [-0.25, -0.2) is 12.8 Å². The number of carbonyl (C=O) groups excluding carboxylic acids is 1. The summed E-state index contributed by atoms with van der Waals surface area (Å²) < 4.78 is 42.1. The van der Waals surface area contributed by atoms with E-state index >= 15 is 0 Å². The number of carbonyl (C=O) groups is 2. The maximum atomic E-state index is 13.1. The van der Waals surface area contributed by atoms with Crippen molar-refractivity contribution in [3.63, 3.8) is 0 Å². The summed E-state index contributed by atoms with van der Waals surface area (Å²) >= 11 is 16.8. The summed E-state index contributed by atoms with van der Waals surface area (Å²) in [5.74, 6) is -2.90. The number of carboxylic acids is 1. The molecule has 0 bridgehead atoms. The summed E-state index contributed by atoms with van der Waals surface area (Å²) in [4.78, 5) is 23.4. The van der Waals surface area contributed by atoms with E-state index in [4.69, 9.17) is 44.6 Å². The maximum absolute atomic E-state index is 13.1. The summed E-state index contributed by atoms with van der Waals surface area (Å²) in [6.45, 7) is -0.627. The van der Waals surface area contributed by atoms with Gasteiger partial charge in [0.2, 0.25) is 3.79 Å². The average molecular weight is 526 g/mol. The third-order valence-corrected chi connectivity index (χ3v) is 6.79. The van der Waals surface area contributed by atoms with Crippen molar-refractivity contribution in [1.82, 2.24) is 0 Å². The van der Waals surface area contributed by atoms with Gasteiger partial charge in [0.05, 0.1) is 12.2 Å². The second kappa shape index (κ2) is 11.3. The molecule has 0 aromatic heterocycles. The van der Waals surface area contributed by atoms with Crippen molar-refractivity contribution in [1.29, 1.82) is 0 Å². The number of aliphatic carboxylic acids is 1. The molecule has 0 aliphatic carbocycles. The number of hydrogen-bond acceptors (Lipinski definition) is 5. The van der Waals surface area contributed by atoms with Gasteiger partial charge >= 0.3 is 11.9 Å². The highest BCUT2D eigenvalue weighted by Crippen LogP contribution is 2.26. The zero-order chi connectivity index (χ0) is 23.9. The Labute approximate surface area is 200 Å². The van der Waals surface area contributed by atoms with Gasteiger partial charge in [-0.05, 0) is 41.7 Å². The van der Waals surface area contributed by atoms with E-state index in [0.717, 1.165) is 0 Å². The summed E-state index contributed by atoms with van der Waals surface area (Å²) in [6, 6.07) is 11.5. The van der Waals surface area contributed by atoms with E-state index in [1.165, 1.54) is 36.4 Å². The molecule has 2 aromatic rings. The summed E-state index contributed by atoms with van der Waals surface area (Å²) in [6.07, 6.45) is -0.336. The van der Waals surface area contributed by atoms with Gasteiger partial charge in [-0.15, -0.1) is 0 Å². The fourth-order valence-electron chi connectivity index (χ4n) is 2.84. The van der Waals surface area contributed by atoms with Crippen LogP contribution in [0.25, 0.3) is 0 Å². The van der Waals surface area contributed by atoms with E-state index in [0.29, 0.717) is 16.7 Å². The van der Waals surface area contributed by atoms with Crippen molar-refractivity contribution >= 4 is 56.6 Å². The minimum absolute atomic E-state index is 0.0639. The van der Waals surface area contributed by atoms with Gasteiger partial charge in [0, 0.05) is 0 Å². The zero-order valence-electron chi connectivity index (χ0n) is 16.6. The topological polar surface area (TPSA) is 97.7 Å². The van der Waals surface area contributed by atoms with Crippen molar-refractivity contribution in [3.05, 3.63) is 71.0 Å². The Kier molecular flexibility index (Phi) is 9.33. The molecule has 0 fully saturated rings. The second-order valence-corrected chi connectivity index (χ2v) is 11.9. The van der Waals surface area contributed by atoms with Crippen LogP contribution in [0.5, 0.6) is 0 Å². The number of halogens is 4. The predicted octanol–water partition coefficient (Wildman–Crippen LogP) is 3.93. The first-order valence-corrected chi connectivity index (χ1v) is 12.2. The summed E-state index contributed by atoms with van der Waals surface area (Å²) in [5, 5.41) is 7.29. The van der Waals surface area contributed by atoms with Crippen molar-refractivity contribution in [3.8, 4) is 0 Å². The second-order valence-electron chi connectivity index (χ2n) is 7.05. The third-order valence-electron chi connectivity index (χ3n) is 4.46. The van der Waals surface area contributed by atoms with Crippen LogP contribution in [0.3, 0.4) is 0 Å². The number of ether oxygens (including phenoxy) is 1. The smallest absolute Gasteiger partial charge is 0.324 e. The highest BCUT2D eigenvalue weighted by atomic mass is 35.6. The largest absolute Gasteiger partial charge is 0.481 e. The number of aryl methyl sites for hydroxylation is 1. The molecule has 1 N–H and O–H groups in total. The lowest BCUT2D eigenvalue weighted by molar-refractivity contribution is -0.143. The van der Waals surface area contributed by atoms with Crippen LogP contribution in [-0.2, 0) is 43.4 Å².